The van der Waals surface area contributed by atoms with E-state index in [1.807, 2.05) is 34.6 Å². The van der Waals surface area contributed by atoms with Gasteiger partial charge < -0.3 is 14.2 Å². The molecule has 2 aliphatic heterocycles. The summed E-state index contributed by atoms with van der Waals surface area (Å²) in [6, 6.07) is 12.7. The summed E-state index contributed by atoms with van der Waals surface area (Å²) in [6.45, 7) is 2.36. The Morgan fingerprint density at radius 2 is 2.00 bits per heavy atom. The smallest absolute Gasteiger partial charge is 0.246 e. The average molecular weight is 408 g/mol. The van der Waals surface area contributed by atoms with Gasteiger partial charge in [-0.1, -0.05) is 18.2 Å². The van der Waals surface area contributed by atoms with E-state index in [4.69, 9.17) is 9.72 Å². The SMILES string of the molecule is O=C(/C=C/c1cccs1)N1CCC(n2c(C3CCCO3)nc3ccccc32)CC1. The first kappa shape index (κ1) is 18.6. The first-order chi connectivity index (χ1) is 14.3. The highest BCUT2D eigenvalue weighted by Gasteiger charge is 2.30. The number of rotatable bonds is 4. The number of para-hydroxylation sites is 2. The third-order valence-corrected chi connectivity index (χ3v) is 6.75. The lowest BCUT2D eigenvalue weighted by atomic mass is 10.0. The fraction of sp³-hybridized carbons (Fsp3) is 0.391. The number of imidazole rings is 1. The zero-order valence-electron chi connectivity index (χ0n) is 16.4. The van der Waals surface area contributed by atoms with E-state index in [1.54, 1.807) is 17.4 Å². The normalized spacial score (nSPS) is 20.8. The van der Waals surface area contributed by atoms with E-state index in [0.717, 1.165) is 61.6 Å². The summed E-state index contributed by atoms with van der Waals surface area (Å²) in [6.07, 6.45) is 7.73. The molecule has 4 heterocycles. The molecule has 1 aromatic carbocycles. The molecule has 2 saturated heterocycles. The molecule has 3 aromatic rings. The number of likely N-dealkylation sites (tertiary alicyclic amines) is 1. The first-order valence-corrected chi connectivity index (χ1v) is 11.3. The number of carbonyl (C=O) groups is 1. The molecular weight excluding hydrogens is 382 g/mol. The van der Waals surface area contributed by atoms with Crippen LogP contribution in [0.15, 0.2) is 47.9 Å². The number of carbonyl (C=O) groups excluding carboxylic acids is 1. The molecule has 29 heavy (non-hydrogen) atoms. The summed E-state index contributed by atoms with van der Waals surface area (Å²) in [5.74, 6) is 1.16. The number of amides is 1. The van der Waals surface area contributed by atoms with Crippen molar-refractivity contribution in [1.82, 2.24) is 14.5 Å². The second-order valence-corrected chi connectivity index (χ2v) is 8.71. The van der Waals surface area contributed by atoms with E-state index in [2.05, 4.69) is 22.8 Å². The maximum absolute atomic E-state index is 12.6. The van der Waals surface area contributed by atoms with Gasteiger partial charge in [0.1, 0.15) is 11.9 Å². The molecule has 150 valence electrons. The van der Waals surface area contributed by atoms with E-state index in [9.17, 15) is 4.79 Å². The Labute approximate surface area is 174 Å². The van der Waals surface area contributed by atoms with Crippen molar-refractivity contribution in [3.63, 3.8) is 0 Å². The van der Waals surface area contributed by atoms with Crippen LogP contribution in [-0.2, 0) is 9.53 Å². The van der Waals surface area contributed by atoms with E-state index in [1.165, 1.54) is 5.52 Å². The standard InChI is InChI=1S/C23H25N3O2S/c27-22(10-9-18-5-4-16-29-18)25-13-11-17(12-14-25)26-20-7-2-1-6-19(20)24-23(26)21-8-3-15-28-21/h1-2,4-7,9-10,16-17,21H,3,8,11-15H2/b10-9+. The minimum absolute atomic E-state index is 0.0933. The van der Waals surface area contributed by atoms with Gasteiger partial charge in [-0.2, -0.15) is 0 Å². The Morgan fingerprint density at radius 1 is 1.14 bits per heavy atom. The number of piperidine rings is 1. The maximum Gasteiger partial charge on any atom is 0.246 e. The molecule has 5 nitrogen and oxygen atoms in total. The van der Waals surface area contributed by atoms with Gasteiger partial charge in [-0.25, -0.2) is 4.98 Å². The summed E-state index contributed by atoms with van der Waals surface area (Å²) < 4.78 is 8.37. The monoisotopic (exact) mass is 407 g/mol. The fourth-order valence-electron chi connectivity index (χ4n) is 4.44. The minimum atomic E-state index is 0.0933. The molecule has 6 heteroatoms. The van der Waals surface area contributed by atoms with Crippen LogP contribution in [0.2, 0.25) is 0 Å². The lowest BCUT2D eigenvalue weighted by Gasteiger charge is -2.33. The van der Waals surface area contributed by atoms with Gasteiger partial charge in [0.05, 0.1) is 11.0 Å². The van der Waals surface area contributed by atoms with E-state index in [-0.39, 0.29) is 12.0 Å². The molecule has 2 aliphatic rings. The predicted molar refractivity (Wildman–Crippen MR) is 116 cm³/mol. The second-order valence-electron chi connectivity index (χ2n) is 7.74. The van der Waals surface area contributed by atoms with Crippen molar-refractivity contribution in [2.24, 2.45) is 0 Å². The van der Waals surface area contributed by atoms with Crippen LogP contribution in [-0.4, -0.2) is 40.1 Å². The van der Waals surface area contributed by atoms with Crippen LogP contribution in [0, 0.1) is 0 Å². The van der Waals surface area contributed by atoms with Crippen LogP contribution < -0.4 is 0 Å². The van der Waals surface area contributed by atoms with Crippen LogP contribution in [0.5, 0.6) is 0 Å². The van der Waals surface area contributed by atoms with Gasteiger partial charge in [-0.3, -0.25) is 4.79 Å². The molecule has 0 radical (unpaired) electrons. The lowest BCUT2D eigenvalue weighted by Crippen LogP contribution is -2.38. The van der Waals surface area contributed by atoms with Crippen molar-refractivity contribution in [1.29, 1.82) is 0 Å². The number of nitrogens with zero attached hydrogens (tertiary/aromatic N) is 3. The van der Waals surface area contributed by atoms with Gasteiger partial charge in [0.2, 0.25) is 5.91 Å². The average Bonchev–Trinajstić information content (AvgIpc) is 3.52. The van der Waals surface area contributed by atoms with Crippen molar-refractivity contribution in [3.05, 3.63) is 58.6 Å². The number of fused-ring (bicyclic) bond motifs is 1. The van der Waals surface area contributed by atoms with Crippen LogP contribution in [0.25, 0.3) is 17.1 Å². The zero-order chi connectivity index (χ0) is 19.6. The van der Waals surface area contributed by atoms with Gasteiger partial charge in [0.15, 0.2) is 0 Å². The number of benzene rings is 1. The van der Waals surface area contributed by atoms with Crippen LogP contribution >= 0.6 is 11.3 Å². The molecule has 5 rings (SSSR count). The first-order valence-electron chi connectivity index (χ1n) is 10.4. The largest absolute Gasteiger partial charge is 0.370 e. The molecule has 1 unspecified atom stereocenters. The summed E-state index contributed by atoms with van der Waals surface area (Å²) in [4.78, 5) is 20.6. The third kappa shape index (κ3) is 3.74. The van der Waals surface area contributed by atoms with E-state index in [0.29, 0.717) is 6.04 Å². The number of hydrogen-bond acceptors (Lipinski definition) is 4. The summed E-state index contributed by atoms with van der Waals surface area (Å²) in [5, 5.41) is 2.02. The Balaban J connectivity index is 1.33. The summed E-state index contributed by atoms with van der Waals surface area (Å²) in [7, 11) is 0. The quantitative estimate of drug-likeness (QED) is 0.582. The van der Waals surface area contributed by atoms with Gasteiger partial charge in [-0.15, -0.1) is 11.3 Å². The highest BCUT2D eigenvalue weighted by Crippen LogP contribution is 2.35. The third-order valence-electron chi connectivity index (χ3n) is 5.92. The van der Waals surface area contributed by atoms with Crippen LogP contribution in [0.3, 0.4) is 0 Å². The molecule has 0 aliphatic carbocycles. The molecule has 1 atom stereocenters. The lowest BCUT2D eigenvalue weighted by molar-refractivity contribution is -0.127. The highest BCUT2D eigenvalue weighted by molar-refractivity contribution is 7.10. The summed E-state index contributed by atoms with van der Waals surface area (Å²) >= 11 is 1.65. The van der Waals surface area contributed by atoms with Gasteiger partial charge in [0.25, 0.3) is 0 Å². The van der Waals surface area contributed by atoms with Gasteiger partial charge in [-0.05, 0) is 55.3 Å². The molecule has 2 aromatic heterocycles. The summed E-state index contributed by atoms with van der Waals surface area (Å²) in [5.41, 5.74) is 2.22. The van der Waals surface area contributed by atoms with Crippen molar-refractivity contribution in [2.75, 3.05) is 19.7 Å². The van der Waals surface area contributed by atoms with Crippen molar-refractivity contribution < 1.29 is 9.53 Å². The Bertz CT molecular complexity index is 1010. The van der Waals surface area contributed by atoms with Crippen LogP contribution in [0.1, 0.15) is 48.5 Å². The molecule has 0 bridgehead atoms. The van der Waals surface area contributed by atoms with E-state index < -0.39 is 0 Å². The number of thiophene rings is 1. The fourth-order valence-corrected chi connectivity index (χ4v) is 5.06. The maximum atomic E-state index is 12.6. The van der Waals surface area contributed by atoms with Crippen molar-refractivity contribution in [3.8, 4) is 0 Å². The Kier molecular flexibility index (Phi) is 5.21. The Morgan fingerprint density at radius 3 is 2.76 bits per heavy atom. The van der Waals surface area contributed by atoms with E-state index >= 15 is 0 Å². The number of aromatic nitrogens is 2. The molecule has 0 N–H and O–H groups in total. The highest BCUT2D eigenvalue weighted by atomic mass is 32.1. The van der Waals surface area contributed by atoms with Gasteiger partial charge >= 0.3 is 0 Å². The molecule has 2 fully saturated rings. The Hall–Kier alpha value is -2.44. The van der Waals surface area contributed by atoms with Crippen molar-refractivity contribution in [2.45, 2.75) is 37.8 Å². The number of ether oxygens (including phenoxy) is 1. The molecule has 1 amide bonds. The molecular formula is C23H25N3O2S. The predicted octanol–water partition coefficient (Wildman–Crippen LogP) is 4.83. The second kappa shape index (κ2) is 8.13. The van der Waals surface area contributed by atoms with Crippen molar-refractivity contribution >= 4 is 34.4 Å². The minimum Gasteiger partial charge on any atom is -0.370 e. The molecule has 0 spiro atoms. The molecule has 0 saturated carbocycles. The topological polar surface area (TPSA) is 47.4 Å². The zero-order valence-corrected chi connectivity index (χ0v) is 17.2. The van der Waals surface area contributed by atoms with Gasteiger partial charge in [0, 0.05) is 36.7 Å². The number of hydrogen-bond donors (Lipinski definition) is 0. The van der Waals surface area contributed by atoms with Crippen LogP contribution in [0.4, 0.5) is 0 Å².